The Labute approximate surface area is 159 Å². The summed E-state index contributed by atoms with van der Waals surface area (Å²) in [6.07, 6.45) is 1.52. The quantitative estimate of drug-likeness (QED) is 0.630. The minimum absolute atomic E-state index is 0.139. The zero-order valence-corrected chi connectivity index (χ0v) is 15.5. The van der Waals surface area contributed by atoms with Gasteiger partial charge in [-0.15, -0.1) is 11.3 Å². The molecule has 0 saturated carbocycles. The molecule has 0 aliphatic carbocycles. The first-order chi connectivity index (χ1) is 13.0. The molecule has 3 rings (SSSR count). The smallest absolute Gasteiger partial charge is 0.348 e. The summed E-state index contributed by atoms with van der Waals surface area (Å²) >= 11 is 1.31. The number of rotatable bonds is 7. The van der Waals surface area contributed by atoms with Crippen LogP contribution in [0.3, 0.4) is 0 Å². The molecule has 1 N–H and O–H groups in total. The van der Waals surface area contributed by atoms with Crippen molar-refractivity contribution in [3.8, 4) is 0 Å². The number of benzene rings is 1. The van der Waals surface area contributed by atoms with Crippen molar-refractivity contribution in [2.75, 3.05) is 20.2 Å². The number of likely N-dealkylation sites (N-methyl/N-ethyl adjacent to an activating group) is 1. The fraction of sp³-hybridized carbons (Fsp3) is 0.211. The fourth-order valence-electron chi connectivity index (χ4n) is 2.35. The lowest BCUT2D eigenvalue weighted by Gasteiger charge is -2.16. The van der Waals surface area contributed by atoms with Crippen molar-refractivity contribution in [2.45, 2.75) is 6.54 Å². The molecule has 1 aromatic carbocycles. The number of hydrogen-bond donors (Lipinski definition) is 1. The van der Waals surface area contributed by atoms with Crippen LogP contribution in [0.2, 0.25) is 0 Å². The van der Waals surface area contributed by atoms with Gasteiger partial charge in [-0.25, -0.2) is 4.79 Å². The normalized spacial score (nSPS) is 10.6. The highest BCUT2D eigenvalue weighted by molar-refractivity contribution is 7.20. The molecule has 0 aliphatic heterocycles. The Kier molecular flexibility index (Phi) is 5.87. The number of carbonyl (C=O) groups is 3. The molecule has 27 heavy (non-hydrogen) atoms. The number of furan rings is 1. The molecule has 0 unspecified atom stereocenters. The molecule has 8 heteroatoms. The third-order valence-corrected chi connectivity index (χ3v) is 4.90. The highest BCUT2D eigenvalue weighted by Crippen LogP contribution is 2.25. The molecule has 140 valence electrons. The maximum absolute atomic E-state index is 12.1. The summed E-state index contributed by atoms with van der Waals surface area (Å²) in [5, 5.41) is 3.59. The Bertz CT molecular complexity index is 915. The molecule has 2 heterocycles. The van der Waals surface area contributed by atoms with Crippen molar-refractivity contribution in [3.63, 3.8) is 0 Å². The summed E-state index contributed by atoms with van der Waals surface area (Å²) in [6.45, 7) is -0.316. The van der Waals surface area contributed by atoms with E-state index in [0.29, 0.717) is 10.6 Å². The van der Waals surface area contributed by atoms with Gasteiger partial charge in [0.25, 0.3) is 5.91 Å². The van der Waals surface area contributed by atoms with E-state index in [4.69, 9.17) is 9.15 Å². The van der Waals surface area contributed by atoms with E-state index in [9.17, 15) is 14.4 Å². The van der Waals surface area contributed by atoms with Crippen molar-refractivity contribution in [1.29, 1.82) is 0 Å². The zero-order valence-electron chi connectivity index (χ0n) is 14.6. The lowest BCUT2D eigenvalue weighted by atomic mass is 10.2. The van der Waals surface area contributed by atoms with Crippen LogP contribution in [0.4, 0.5) is 0 Å². The average Bonchev–Trinajstić information content (AvgIpc) is 3.33. The molecule has 0 bridgehead atoms. The second-order valence-electron chi connectivity index (χ2n) is 5.83. The second kappa shape index (κ2) is 8.50. The summed E-state index contributed by atoms with van der Waals surface area (Å²) in [7, 11) is 1.47. The number of ether oxygens (including phenoxy) is 1. The van der Waals surface area contributed by atoms with Crippen LogP contribution in [-0.4, -0.2) is 42.9 Å². The van der Waals surface area contributed by atoms with Crippen molar-refractivity contribution < 1.29 is 23.5 Å². The number of nitrogens with zero attached hydrogens (tertiary/aromatic N) is 1. The molecule has 3 aromatic rings. The highest BCUT2D eigenvalue weighted by atomic mass is 32.1. The van der Waals surface area contributed by atoms with Gasteiger partial charge >= 0.3 is 5.97 Å². The van der Waals surface area contributed by atoms with E-state index in [-0.39, 0.29) is 19.0 Å². The van der Waals surface area contributed by atoms with Gasteiger partial charge in [0.1, 0.15) is 10.6 Å². The molecule has 0 radical (unpaired) electrons. The van der Waals surface area contributed by atoms with E-state index in [1.54, 1.807) is 18.2 Å². The standard InChI is InChI=1S/C19H18N2O5S/c1-21(11-17(22)20-10-14-6-4-8-25-14)18(23)12-26-19(24)16-9-13-5-2-3-7-15(13)27-16/h2-9H,10-12H2,1H3,(H,20,22). The van der Waals surface area contributed by atoms with Crippen molar-refractivity contribution >= 4 is 39.2 Å². The molecule has 0 fully saturated rings. The van der Waals surface area contributed by atoms with Crippen molar-refractivity contribution in [1.82, 2.24) is 10.2 Å². The van der Waals surface area contributed by atoms with Gasteiger partial charge in [0.2, 0.25) is 5.91 Å². The van der Waals surface area contributed by atoms with Crippen LogP contribution in [0.25, 0.3) is 10.1 Å². The molecular weight excluding hydrogens is 368 g/mol. The van der Waals surface area contributed by atoms with Gasteiger partial charge in [0, 0.05) is 11.7 Å². The monoisotopic (exact) mass is 386 g/mol. The van der Waals surface area contributed by atoms with Gasteiger partial charge in [0.05, 0.1) is 19.4 Å². The van der Waals surface area contributed by atoms with Gasteiger partial charge in [0.15, 0.2) is 6.61 Å². The zero-order chi connectivity index (χ0) is 19.2. The molecule has 0 aliphatic rings. The number of hydrogen-bond acceptors (Lipinski definition) is 6. The Balaban J connectivity index is 1.44. The summed E-state index contributed by atoms with van der Waals surface area (Å²) < 4.78 is 11.2. The number of carbonyl (C=O) groups excluding carboxylic acids is 3. The van der Waals surface area contributed by atoms with Crippen LogP contribution < -0.4 is 5.32 Å². The molecule has 0 atom stereocenters. The third-order valence-electron chi connectivity index (χ3n) is 3.80. The Hall–Kier alpha value is -3.13. The Morgan fingerprint density at radius 3 is 2.74 bits per heavy atom. The summed E-state index contributed by atoms with van der Waals surface area (Å²) in [5.74, 6) is -0.731. The molecule has 0 saturated heterocycles. The van der Waals surface area contributed by atoms with Gasteiger partial charge in [-0.05, 0) is 29.7 Å². The van der Waals surface area contributed by atoms with Gasteiger partial charge < -0.3 is 19.4 Å². The van der Waals surface area contributed by atoms with E-state index in [1.807, 2.05) is 24.3 Å². The topological polar surface area (TPSA) is 88.8 Å². The molecule has 2 amide bonds. The van der Waals surface area contributed by atoms with Crippen LogP contribution in [0.5, 0.6) is 0 Å². The average molecular weight is 386 g/mol. The number of fused-ring (bicyclic) bond motifs is 1. The number of amides is 2. The van der Waals surface area contributed by atoms with E-state index < -0.39 is 18.5 Å². The first kappa shape index (κ1) is 18.7. The maximum Gasteiger partial charge on any atom is 0.348 e. The summed E-state index contributed by atoms with van der Waals surface area (Å²) in [6, 6.07) is 12.8. The third kappa shape index (κ3) is 4.95. The van der Waals surface area contributed by atoms with Crippen molar-refractivity contribution in [3.05, 3.63) is 59.4 Å². The number of nitrogens with one attached hydrogen (secondary N) is 1. The molecule has 2 aromatic heterocycles. The summed E-state index contributed by atoms with van der Waals surface area (Å²) in [5.41, 5.74) is 0. The van der Waals surface area contributed by atoms with E-state index in [0.717, 1.165) is 10.1 Å². The fourth-order valence-corrected chi connectivity index (χ4v) is 3.31. The maximum atomic E-state index is 12.1. The SMILES string of the molecule is CN(CC(=O)NCc1ccco1)C(=O)COC(=O)c1cc2ccccc2s1. The van der Waals surface area contributed by atoms with Crippen LogP contribution >= 0.6 is 11.3 Å². The second-order valence-corrected chi connectivity index (χ2v) is 6.91. The van der Waals surface area contributed by atoms with E-state index >= 15 is 0 Å². The lowest BCUT2D eigenvalue weighted by Crippen LogP contribution is -2.39. The van der Waals surface area contributed by atoms with Crippen LogP contribution in [0.15, 0.2) is 53.1 Å². The first-order valence-corrected chi connectivity index (χ1v) is 9.03. The number of thiophene rings is 1. The van der Waals surface area contributed by atoms with Gasteiger partial charge in [-0.2, -0.15) is 0 Å². The molecule has 7 nitrogen and oxygen atoms in total. The molecular formula is C19H18N2O5S. The number of esters is 1. The minimum atomic E-state index is -0.555. The van der Waals surface area contributed by atoms with Gasteiger partial charge in [-0.1, -0.05) is 18.2 Å². The highest BCUT2D eigenvalue weighted by Gasteiger charge is 2.17. The van der Waals surface area contributed by atoms with Crippen LogP contribution in [0.1, 0.15) is 15.4 Å². The van der Waals surface area contributed by atoms with Crippen molar-refractivity contribution in [2.24, 2.45) is 0 Å². The minimum Gasteiger partial charge on any atom is -0.467 e. The molecule has 0 spiro atoms. The first-order valence-electron chi connectivity index (χ1n) is 8.21. The van der Waals surface area contributed by atoms with Crippen LogP contribution in [-0.2, 0) is 20.9 Å². The Morgan fingerprint density at radius 2 is 2.00 bits per heavy atom. The van der Waals surface area contributed by atoms with E-state index in [2.05, 4.69) is 5.32 Å². The predicted molar refractivity (Wildman–Crippen MR) is 100 cm³/mol. The summed E-state index contributed by atoms with van der Waals surface area (Å²) in [4.78, 5) is 37.7. The Morgan fingerprint density at radius 1 is 1.19 bits per heavy atom. The van der Waals surface area contributed by atoms with Gasteiger partial charge in [-0.3, -0.25) is 9.59 Å². The largest absolute Gasteiger partial charge is 0.467 e. The predicted octanol–water partition coefficient (Wildman–Crippen LogP) is 2.43. The van der Waals surface area contributed by atoms with Crippen LogP contribution in [0, 0.1) is 0 Å². The van der Waals surface area contributed by atoms with E-state index in [1.165, 1.54) is 29.5 Å². The lowest BCUT2D eigenvalue weighted by molar-refractivity contribution is -0.137.